The second-order valence-electron chi connectivity index (χ2n) is 4.73. The lowest BCUT2D eigenvalue weighted by molar-refractivity contribution is 0.279. The average Bonchev–Trinajstić information content (AvgIpc) is 2.87. The van der Waals surface area contributed by atoms with Gasteiger partial charge >= 0.3 is 0 Å². The van der Waals surface area contributed by atoms with E-state index in [4.69, 9.17) is 0 Å². The third kappa shape index (κ3) is 2.53. The van der Waals surface area contributed by atoms with E-state index in [1.54, 1.807) is 43.2 Å². The molecule has 3 aromatic heterocycles. The Morgan fingerprint density at radius 1 is 0.905 bits per heavy atom. The van der Waals surface area contributed by atoms with Gasteiger partial charge in [0.1, 0.15) is 0 Å². The molecule has 0 aliphatic carbocycles. The molecule has 0 saturated heterocycles. The number of nitrogens with zero attached hydrogens (tertiary/aromatic N) is 3. The average molecular weight is 297 g/mol. The van der Waals surface area contributed by atoms with Crippen molar-refractivity contribution in [1.82, 2.24) is 9.97 Å². The van der Waals surface area contributed by atoms with Crippen molar-refractivity contribution in [1.29, 1.82) is 0 Å². The monoisotopic (exact) mass is 297 g/mol. The summed E-state index contributed by atoms with van der Waals surface area (Å²) in [7, 11) is 1.65. The van der Waals surface area contributed by atoms with Crippen molar-refractivity contribution in [2.75, 3.05) is 12.1 Å². The van der Waals surface area contributed by atoms with Crippen LogP contribution in [0, 0.1) is 6.92 Å². The molecule has 0 aliphatic rings. The Labute approximate surface area is 127 Å². The van der Waals surface area contributed by atoms with Crippen LogP contribution < -0.4 is 5.06 Å². The standard InChI is InChI=1S/C16H15N3OS/c1-11-14(19(2)20)16(13-5-9-18-10-6-13)21-15(11)12-3-7-17-8-4-12/h3-10,20H,1-2H3. The van der Waals surface area contributed by atoms with Gasteiger partial charge in [-0.25, -0.2) is 0 Å². The van der Waals surface area contributed by atoms with Gasteiger partial charge < -0.3 is 0 Å². The predicted octanol–water partition coefficient (Wildman–Crippen LogP) is 4.01. The van der Waals surface area contributed by atoms with Crippen molar-refractivity contribution in [3.8, 4) is 20.9 Å². The topological polar surface area (TPSA) is 49.2 Å². The Kier molecular flexibility index (Phi) is 3.68. The molecule has 0 fully saturated rings. The molecule has 0 aromatic carbocycles. The number of rotatable bonds is 3. The number of thiophene rings is 1. The van der Waals surface area contributed by atoms with Gasteiger partial charge in [0.05, 0.1) is 10.6 Å². The van der Waals surface area contributed by atoms with Crippen molar-refractivity contribution in [3.05, 3.63) is 54.6 Å². The molecule has 0 radical (unpaired) electrons. The molecule has 21 heavy (non-hydrogen) atoms. The van der Waals surface area contributed by atoms with Crippen LogP contribution in [0.15, 0.2) is 49.1 Å². The zero-order valence-corrected chi connectivity index (χ0v) is 12.6. The third-order valence-electron chi connectivity index (χ3n) is 3.32. The van der Waals surface area contributed by atoms with Crippen LogP contribution in [0.1, 0.15) is 5.56 Å². The van der Waals surface area contributed by atoms with E-state index in [9.17, 15) is 5.21 Å². The first-order valence-electron chi connectivity index (χ1n) is 6.55. The van der Waals surface area contributed by atoms with Crippen LogP contribution in [0.4, 0.5) is 5.69 Å². The molecular formula is C16H15N3OS. The molecule has 106 valence electrons. The minimum atomic E-state index is 0.831. The van der Waals surface area contributed by atoms with Crippen molar-refractivity contribution >= 4 is 17.0 Å². The molecule has 0 bridgehead atoms. The highest BCUT2D eigenvalue weighted by molar-refractivity contribution is 7.19. The van der Waals surface area contributed by atoms with Gasteiger partial charge in [-0.3, -0.25) is 20.2 Å². The summed E-state index contributed by atoms with van der Waals surface area (Å²) in [6.45, 7) is 2.03. The zero-order valence-electron chi connectivity index (χ0n) is 11.8. The predicted molar refractivity (Wildman–Crippen MR) is 85.7 cm³/mol. The summed E-state index contributed by atoms with van der Waals surface area (Å²) in [6, 6.07) is 7.87. The maximum Gasteiger partial charge on any atom is 0.0852 e. The summed E-state index contributed by atoms with van der Waals surface area (Å²) >= 11 is 1.66. The number of hydrogen-bond donors (Lipinski definition) is 1. The first-order valence-corrected chi connectivity index (χ1v) is 7.37. The number of hydroxylamine groups is 1. The summed E-state index contributed by atoms with van der Waals surface area (Å²) in [5.41, 5.74) is 4.05. The smallest absolute Gasteiger partial charge is 0.0852 e. The fourth-order valence-electron chi connectivity index (χ4n) is 2.37. The lowest BCUT2D eigenvalue weighted by atomic mass is 10.1. The van der Waals surface area contributed by atoms with Crippen molar-refractivity contribution in [2.24, 2.45) is 0 Å². The normalized spacial score (nSPS) is 10.6. The van der Waals surface area contributed by atoms with Crippen LogP contribution in [0.5, 0.6) is 0 Å². The summed E-state index contributed by atoms with van der Waals surface area (Å²) in [4.78, 5) is 10.3. The maximum absolute atomic E-state index is 10.0. The molecule has 0 atom stereocenters. The molecule has 3 rings (SSSR count). The minimum absolute atomic E-state index is 0.831. The van der Waals surface area contributed by atoms with E-state index in [2.05, 4.69) is 9.97 Å². The molecule has 0 amide bonds. The molecule has 4 nitrogen and oxygen atoms in total. The first kappa shape index (κ1) is 13.7. The number of hydrogen-bond acceptors (Lipinski definition) is 5. The van der Waals surface area contributed by atoms with Gasteiger partial charge in [0.25, 0.3) is 0 Å². The molecule has 0 aliphatic heterocycles. The van der Waals surface area contributed by atoms with Crippen molar-refractivity contribution < 1.29 is 5.21 Å². The van der Waals surface area contributed by atoms with Crippen LogP contribution in [0.2, 0.25) is 0 Å². The fraction of sp³-hybridized carbons (Fsp3) is 0.125. The van der Waals surface area contributed by atoms with Gasteiger partial charge in [-0.1, -0.05) is 0 Å². The van der Waals surface area contributed by atoms with Crippen LogP contribution >= 0.6 is 11.3 Å². The fourth-order valence-corrected chi connectivity index (χ4v) is 3.72. The zero-order chi connectivity index (χ0) is 14.8. The van der Waals surface area contributed by atoms with Gasteiger partial charge in [0.2, 0.25) is 0 Å². The molecule has 0 unspecified atom stereocenters. The maximum atomic E-state index is 10.0. The molecular weight excluding hydrogens is 282 g/mol. The lowest BCUT2D eigenvalue weighted by Crippen LogP contribution is -2.11. The van der Waals surface area contributed by atoms with E-state index in [-0.39, 0.29) is 0 Å². The highest BCUT2D eigenvalue weighted by atomic mass is 32.1. The van der Waals surface area contributed by atoms with Gasteiger partial charge in [-0.2, -0.15) is 0 Å². The Morgan fingerprint density at radius 3 is 1.86 bits per heavy atom. The van der Waals surface area contributed by atoms with E-state index in [0.29, 0.717) is 0 Å². The minimum Gasteiger partial charge on any atom is -0.289 e. The lowest BCUT2D eigenvalue weighted by Gasteiger charge is -2.13. The summed E-state index contributed by atoms with van der Waals surface area (Å²) in [6.07, 6.45) is 7.08. The van der Waals surface area contributed by atoms with Crippen LogP contribution in [-0.2, 0) is 0 Å². The number of aromatic nitrogens is 2. The van der Waals surface area contributed by atoms with Crippen LogP contribution in [0.25, 0.3) is 20.9 Å². The van der Waals surface area contributed by atoms with Crippen LogP contribution in [0.3, 0.4) is 0 Å². The van der Waals surface area contributed by atoms with Gasteiger partial charge in [0, 0.05) is 36.7 Å². The molecule has 1 N–H and O–H groups in total. The van der Waals surface area contributed by atoms with Gasteiger partial charge in [-0.15, -0.1) is 11.3 Å². The van der Waals surface area contributed by atoms with Crippen LogP contribution in [-0.4, -0.2) is 22.2 Å². The van der Waals surface area contributed by atoms with E-state index in [0.717, 1.165) is 32.1 Å². The number of anilines is 1. The van der Waals surface area contributed by atoms with E-state index in [1.165, 1.54) is 5.06 Å². The largest absolute Gasteiger partial charge is 0.289 e. The highest BCUT2D eigenvalue weighted by Crippen LogP contribution is 2.46. The van der Waals surface area contributed by atoms with Gasteiger partial charge in [-0.05, 0) is 47.9 Å². The Balaban J connectivity index is 2.22. The van der Waals surface area contributed by atoms with Crippen molar-refractivity contribution in [3.63, 3.8) is 0 Å². The number of pyridine rings is 2. The molecule has 3 heterocycles. The van der Waals surface area contributed by atoms with E-state index >= 15 is 0 Å². The Hall–Kier alpha value is -2.24. The first-order chi connectivity index (χ1) is 10.2. The van der Waals surface area contributed by atoms with Crippen molar-refractivity contribution in [2.45, 2.75) is 6.92 Å². The third-order valence-corrected chi connectivity index (χ3v) is 4.70. The Morgan fingerprint density at radius 2 is 1.38 bits per heavy atom. The second-order valence-corrected chi connectivity index (χ2v) is 5.75. The van der Waals surface area contributed by atoms with Gasteiger partial charge in [0.15, 0.2) is 0 Å². The molecule has 5 heteroatoms. The summed E-state index contributed by atoms with van der Waals surface area (Å²) in [5.74, 6) is 0. The SMILES string of the molecule is Cc1c(-c2ccncc2)sc(-c2ccncc2)c1N(C)O. The summed E-state index contributed by atoms with van der Waals surface area (Å²) < 4.78 is 0. The second kappa shape index (κ2) is 5.63. The van der Waals surface area contributed by atoms with E-state index in [1.807, 2.05) is 31.2 Å². The summed E-state index contributed by atoms with van der Waals surface area (Å²) in [5, 5.41) is 11.2. The highest BCUT2D eigenvalue weighted by Gasteiger charge is 2.19. The molecule has 0 saturated carbocycles. The molecule has 0 spiro atoms. The Bertz CT molecular complexity index is 739. The quantitative estimate of drug-likeness (QED) is 0.742. The molecule has 3 aromatic rings. The van der Waals surface area contributed by atoms with E-state index < -0.39 is 0 Å².